The molecule has 1 aliphatic rings. The van der Waals surface area contributed by atoms with Crippen molar-refractivity contribution >= 4 is 17.7 Å². The van der Waals surface area contributed by atoms with E-state index in [9.17, 15) is 14.4 Å². The van der Waals surface area contributed by atoms with Crippen LogP contribution in [0.5, 0.6) is 0 Å². The molecule has 0 bridgehead atoms. The van der Waals surface area contributed by atoms with Crippen molar-refractivity contribution in [2.45, 2.75) is 25.3 Å². The fourth-order valence-electron chi connectivity index (χ4n) is 1.98. The monoisotopic (exact) mass is 276 g/mol. The summed E-state index contributed by atoms with van der Waals surface area (Å²) in [6.45, 7) is 0.636. The molecule has 1 aliphatic heterocycles. The molecule has 1 aromatic heterocycles. The highest BCUT2D eigenvalue weighted by Gasteiger charge is 2.23. The van der Waals surface area contributed by atoms with Crippen LogP contribution >= 0.6 is 0 Å². The first kappa shape index (κ1) is 14.0. The molecular formula is C13H16N4O3. The summed E-state index contributed by atoms with van der Waals surface area (Å²) in [4.78, 5) is 38.5. The van der Waals surface area contributed by atoms with Crippen LogP contribution < -0.4 is 16.4 Å². The summed E-state index contributed by atoms with van der Waals surface area (Å²) in [5.41, 5.74) is 5.47. The lowest BCUT2D eigenvalue weighted by Gasteiger charge is -2.14. The summed E-state index contributed by atoms with van der Waals surface area (Å²) in [6.07, 6.45) is 3.63. The lowest BCUT2D eigenvalue weighted by molar-refractivity contribution is -0.122. The van der Waals surface area contributed by atoms with Gasteiger partial charge in [0.1, 0.15) is 11.7 Å². The molecule has 7 nitrogen and oxygen atoms in total. The molecule has 1 aromatic rings. The lowest BCUT2D eigenvalue weighted by atomic mass is 10.1. The van der Waals surface area contributed by atoms with Crippen LogP contribution in [0.4, 0.5) is 0 Å². The number of aromatic nitrogens is 1. The summed E-state index contributed by atoms with van der Waals surface area (Å²) in [6, 6.07) is 2.30. The van der Waals surface area contributed by atoms with Crippen molar-refractivity contribution < 1.29 is 14.4 Å². The number of nitrogens with one attached hydrogen (secondary N) is 2. The third-order valence-corrected chi connectivity index (χ3v) is 3.12. The second-order valence-corrected chi connectivity index (χ2v) is 4.61. The van der Waals surface area contributed by atoms with Crippen molar-refractivity contribution in [2.75, 3.05) is 6.54 Å². The molecule has 0 aliphatic carbocycles. The maximum atomic E-state index is 12.0. The topological polar surface area (TPSA) is 114 Å². The molecule has 7 heteroatoms. The normalized spacial score (nSPS) is 18.8. The van der Waals surface area contributed by atoms with Gasteiger partial charge < -0.3 is 16.4 Å². The van der Waals surface area contributed by atoms with Crippen LogP contribution in [0.15, 0.2) is 18.3 Å². The van der Waals surface area contributed by atoms with Crippen LogP contribution in [-0.4, -0.2) is 35.3 Å². The summed E-state index contributed by atoms with van der Waals surface area (Å²) in [7, 11) is 0. The largest absolute Gasteiger partial charge is 0.366 e. The lowest BCUT2D eigenvalue weighted by Crippen LogP contribution is -2.45. The van der Waals surface area contributed by atoms with Crippen molar-refractivity contribution in [1.29, 1.82) is 0 Å². The molecular weight excluding hydrogens is 260 g/mol. The standard InChI is InChI=1S/C13H16N4O3/c14-11(18)8-4-5-9(16-7-8)13(20)17-10-3-1-2-6-15-12(10)19/h4-5,7,10H,1-3,6H2,(H2,14,18)(H,15,19)(H,17,20). The van der Waals surface area contributed by atoms with Crippen LogP contribution in [0.1, 0.15) is 40.1 Å². The molecule has 1 fully saturated rings. The van der Waals surface area contributed by atoms with Gasteiger partial charge in [-0.25, -0.2) is 0 Å². The number of nitrogens with two attached hydrogens (primary N) is 1. The molecule has 106 valence electrons. The van der Waals surface area contributed by atoms with E-state index < -0.39 is 17.9 Å². The van der Waals surface area contributed by atoms with Crippen molar-refractivity contribution in [3.05, 3.63) is 29.6 Å². The average molecular weight is 276 g/mol. The third-order valence-electron chi connectivity index (χ3n) is 3.12. The fourth-order valence-corrected chi connectivity index (χ4v) is 1.98. The van der Waals surface area contributed by atoms with Gasteiger partial charge in [0.2, 0.25) is 11.8 Å². The van der Waals surface area contributed by atoms with E-state index in [1.54, 1.807) is 0 Å². The Balaban J connectivity index is 2.03. The molecule has 1 saturated heterocycles. The third kappa shape index (κ3) is 3.31. The molecule has 2 rings (SSSR count). The molecule has 20 heavy (non-hydrogen) atoms. The Labute approximate surface area is 115 Å². The predicted octanol–water partition coefficient (Wildman–Crippen LogP) is -0.421. The maximum absolute atomic E-state index is 12.0. The number of hydrogen-bond acceptors (Lipinski definition) is 4. The van der Waals surface area contributed by atoms with Gasteiger partial charge >= 0.3 is 0 Å². The highest BCUT2D eigenvalue weighted by atomic mass is 16.2. The Morgan fingerprint density at radius 2 is 2.15 bits per heavy atom. The molecule has 1 unspecified atom stereocenters. The first-order valence-corrected chi connectivity index (χ1v) is 6.42. The molecule has 2 heterocycles. The van der Waals surface area contributed by atoms with E-state index in [4.69, 9.17) is 5.73 Å². The summed E-state index contributed by atoms with van der Waals surface area (Å²) < 4.78 is 0. The summed E-state index contributed by atoms with van der Waals surface area (Å²) in [5, 5.41) is 5.38. The Kier molecular flexibility index (Phi) is 4.29. The highest BCUT2D eigenvalue weighted by molar-refractivity contribution is 5.97. The van der Waals surface area contributed by atoms with Crippen molar-refractivity contribution in [3.8, 4) is 0 Å². The number of hydrogen-bond donors (Lipinski definition) is 3. The number of pyridine rings is 1. The first-order chi connectivity index (χ1) is 9.58. The van der Waals surface area contributed by atoms with Crippen LogP contribution in [0, 0.1) is 0 Å². The van der Waals surface area contributed by atoms with Gasteiger partial charge in [0.25, 0.3) is 5.91 Å². The number of primary amides is 1. The minimum Gasteiger partial charge on any atom is -0.366 e. The van der Waals surface area contributed by atoms with Crippen LogP contribution in [0.25, 0.3) is 0 Å². The van der Waals surface area contributed by atoms with E-state index in [1.165, 1.54) is 18.3 Å². The minimum atomic E-state index is -0.604. The quantitative estimate of drug-likeness (QED) is 0.695. The number of carbonyl (C=O) groups is 3. The zero-order chi connectivity index (χ0) is 14.5. The van der Waals surface area contributed by atoms with Crippen molar-refractivity contribution in [1.82, 2.24) is 15.6 Å². The number of rotatable bonds is 3. The van der Waals surface area contributed by atoms with Crippen LogP contribution in [0.2, 0.25) is 0 Å². The maximum Gasteiger partial charge on any atom is 0.270 e. The van der Waals surface area contributed by atoms with Crippen LogP contribution in [-0.2, 0) is 4.79 Å². The summed E-state index contributed by atoms with van der Waals surface area (Å²) in [5.74, 6) is -1.22. The zero-order valence-corrected chi connectivity index (χ0v) is 10.9. The van der Waals surface area contributed by atoms with Gasteiger partial charge in [0.05, 0.1) is 5.56 Å². The van der Waals surface area contributed by atoms with Gasteiger partial charge in [-0.3, -0.25) is 19.4 Å². The van der Waals surface area contributed by atoms with E-state index in [0.717, 1.165) is 12.8 Å². The molecule has 0 spiro atoms. The Morgan fingerprint density at radius 3 is 2.80 bits per heavy atom. The fraction of sp³-hybridized carbons (Fsp3) is 0.385. The average Bonchev–Trinajstić information content (AvgIpc) is 2.64. The van der Waals surface area contributed by atoms with Crippen molar-refractivity contribution in [2.24, 2.45) is 5.73 Å². The van der Waals surface area contributed by atoms with Gasteiger partial charge in [0, 0.05) is 12.7 Å². The molecule has 4 N–H and O–H groups in total. The van der Waals surface area contributed by atoms with E-state index >= 15 is 0 Å². The van der Waals surface area contributed by atoms with E-state index in [-0.39, 0.29) is 17.2 Å². The van der Waals surface area contributed by atoms with Gasteiger partial charge in [0.15, 0.2) is 0 Å². The minimum absolute atomic E-state index is 0.145. The molecule has 3 amide bonds. The first-order valence-electron chi connectivity index (χ1n) is 6.42. The number of nitrogens with zero attached hydrogens (tertiary/aromatic N) is 1. The van der Waals surface area contributed by atoms with Gasteiger partial charge in [-0.15, -0.1) is 0 Å². The second-order valence-electron chi connectivity index (χ2n) is 4.61. The smallest absolute Gasteiger partial charge is 0.270 e. The van der Waals surface area contributed by atoms with E-state index in [1.807, 2.05) is 0 Å². The molecule has 1 atom stereocenters. The molecule has 0 aromatic carbocycles. The summed E-state index contributed by atoms with van der Waals surface area (Å²) >= 11 is 0. The predicted molar refractivity (Wildman–Crippen MR) is 70.9 cm³/mol. The van der Waals surface area contributed by atoms with Gasteiger partial charge in [-0.05, 0) is 31.4 Å². The second kappa shape index (κ2) is 6.14. The Bertz CT molecular complexity index is 527. The number of amides is 3. The number of carbonyl (C=O) groups excluding carboxylic acids is 3. The van der Waals surface area contributed by atoms with Crippen molar-refractivity contribution in [3.63, 3.8) is 0 Å². The Morgan fingerprint density at radius 1 is 1.35 bits per heavy atom. The zero-order valence-electron chi connectivity index (χ0n) is 10.9. The van der Waals surface area contributed by atoms with Crippen LogP contribution in [0.3, 0.4) is 0 Å². The molecule has 0 saturated carbocycles. The Hall–Kier alpha value is -2.44. The van der Waals surface area contributed by atoms with E-state index in [0.29, 0.717) is 13.0 Å². The van der Waals surface area contributed by atoms with E-state index in [2.05, 4.69) is 15.6 Å². The van der Waals surface area contributed by atoms with Gasteiger partial charge in [-0.1, -0.05) is 0 Å². The SMILES string of the molecule is NC(=O)c1ccc(C(=O)NC2CCCCNC2=O)nc1. The highest BCUT2D eigenvalue weighted by Crippen LogP contribution is 2.07. The van der Waals surface area contributed by atoms with Gasteiger partial charge in [-0.2, -0.15) is 0 Å². The molecule has 0 radical (unpaired) electrons.